The van der Waals surface area contributed by atoms with Crippen LogP contribution in [0.25, 0.3) is 6.08 Å². The molecule has 6 heteroatoms. The van der Waals surface area contributed by atoms with Crippen LogP contribution in [-0.4, -0.2) is 25.9 Å². The molecule has 0 saturated heterocycles. The number of sulfonamides is 1. The third-order valence-corrected chi connectivity index (χ3v) is 4.49. The van der Waals surface area contributed by atoms with Crippen LogP contribution in [0.15, 0.2) is 65.6 Å². The Morgan fingerprint density at radius 1 is 1.09 bits per heavy atom. The van der Waals surface area contributed by atoms with Gasteiger partial charge in [-0.1, -0.05) is 48.5 Å². The molecule has 2 N–H and O–H groups in total. The van der Waals surface area contributed by atoms with Crippen molar-refractivity contribution in [2.24, 2.45) is 0 Å². The highest BCUT2D eigenvalue weighted by Gasteiger charge is 2.13. The van der Waals surface area contributed by atoms with Crippen molar-refractivity contribution in [2.75, 3.05) is 6.61 Å². The molecule has 5 nitrogen and oxygen atoms in total. The van der Waals surface area contributed by atoms with E-state index in [0.29, 0.717) is 5.56 Å². The summed E-state index contributed by atoms with van der Waals surface area (Å²) in [7, 11) is -3.64. The Morgan fingerprint density at radius 3 is 2.52 bits per heavy atom. The number of carbonyl (C=O) groups excluding carboxylic acids is 1. The molecule has 120 valence electrons. The van der Waals surface area contributed by atoms with Gasteiger partial charge < -0.3 is 5.11 Å². The Hall–Kier alpha value is -2.28. The fraction of sp³-hybridized carbons (Fsp3) is 0.118. The van der Waals surface area contributed by atoms with Crippen LogP contribution < -0.4 is 4.72 Å². The second-order valence-corrected chi connectivity index (χ2v) is 6.61. The summed E-state index contributed by atoms with van der Waals surface area (Å²) in [5.41, 5.74) is 1.43. The van der Waals surface area contributed by atoms with Gasteiger partial charge in [0, 0.05) is 6.54 Å². The van der Waals surface area contributed by atoms with Crippen molar-refractivity contribution in [3.8, 4) is 0 Å². The van der Waals surface area contributed by atoms with Gasteiger partial charge in [-0.15, -0.1) is 0 Å². The number of benzene rings is 2. The fourth-order valence-electron chi connectivity index (χ4n) is 1.88. The van der Waals surface area contributed by atoms with Crippen molar-refractivity contribution in [1.82, 2.24) is 4.72 Å². The lowest BCUT2D eigenvalue weighted by molar-refractivity contribution is -0.117. The van der Waals surface area contributed by atoms with Gasteiger partial charge >= 0.3 is 0 Å². The van der Waals surface area contributed by atoms with Crippen molar-refractivity contribution < 1.29 is 18.3 Å². The number of ketones is 1. The SMILES string of the molecule is O=C(/C=C/c1cccc(S(=O)(=O)NCc2ccccc2)c1)CO. The molecule has 23 heavy (non-hydrogen) atoms. The monoisotopic (exact) mass is 331 g/mol. The quantitative estimate of drug-likeness (QED) is 0.757. The Balaban J connectivity index is 2.13. The zero-order valence-electron chi connectivity index (χ0n) is 12.3. The summed E-state index contributed by atoms with van der Waals surface area (Å²) in [4.78, 5) is 11.2. The first-order valence-corrected chi connectivity index (χ1v) is 8.45. The molecule has 0 heterocycles. The van der Waals surface area contributed by atoms with E-state index in [1.165, 1.54) is 24.3 Å². The van der Waals surface area contributed by atoms with E-state index in [2.05, 4.69) is 4.72 Å². The molecule has 0 unspecified atom stereocenters. The summed E-state index contributed by atoms with van der Waals surface area (Å²) >= 11 is 0. The molecule has 0 saturated carbocycles. The second kappa shape index (κ2) is 7.82. The van der Waals surface area contributed by atoms with E-state index >= 15 is 0 Å². The van der Waals surface area contributed by atoms with E-state index in [1.54, 1.807) is 12.1 Å². The molecule has 0 fully saturated rings. The third kappa shape index (κ3) is 5.14. The van der Waals surface area contributed by atoms with Crippen molar-refractivity contribution in [2.45, 2.75) is 11.4 Å². The van der Waals surface area contributed by atoms with Crippen LogP contribution in [0.3, 0.4) is 0 Å². The van der Waals surface area contributed by atoms with Gasteiger partial charge in [0.05, 0.1) is 4.90 Å². The molecule has 0 aliphatic rings. The standard InChI is InChI=1S/C17H17NO4S/c19-13-16(20)10-9-14-7-4-8-17(11-14)23(21,22)18-12-15-5-2-1-3-6-15/h1-11,18-19H,12-13H2/b10-9+. The number of rotatable bonds is 7. The maximum absolute atomic E-state index is 12.3. The highest BCUT2D eigenvalue weighted by molar-refractivity contribution is 7.89. The van der Waals surface area contributed by atoms with E-state index in [0.717, 1.165) is 5.56 Å². The maximum Gasteiger partial charge on any atom is 0.240 e. The average Bonchev–Trinajstić information content (AvgIpc) is 2.59. The molecule has 2 rings (SSSR count). The number of nitrogens with one attached hydrogen (secondary N) is 1. The maximum atomic E-state index is 12.3. The van der Waals surface area contributed by atoms with Crippen LogP contribution in [0.1, 0.15) is 11.1 Å². The smallest absolute Gasteiger partial charge is 0.240 e. The summed E-state index contributed by atoms with van der Waals surface area (Å²) < 4.78 is 27.2. The molecule has 0 bridgehead atoms. The molecular formula is C17H17NO4S. The minimum Gasteiger partial charge on any atom is -0.388 e. The van der Waals surface area contributed by atoms with Gasteiger partial charge in [-0.05, 0) is 29.3 Å². The zero-order valence-corrected chi connectivity index (χ0v) is 13.2. The highest BCUT2D eigenvalue weighted by atomic mass is 32.2. The lowest BCUT2D eigenvalue weighted by Crippen LogP contribution is -2.23. The van der Waals surface area contributed by atoms with Gasteiger partial charge in [0.2, 0.25) is 10.0 Å². The Labute approximate surface area is 135 Å². The number of hydrogen-bond acceptors (Lipinski definition) is 4. The molecule has 0 radical (unpaired) electrons. The molecule has 0 spiro atoms. The number of carbonyl (C=O) groups is 1. The number of aliphatic hydroxyl groups is 1. The first kappa shape index (κ1) is 17.1. The molecular weight excluding hydrogens is 314 g/mol. The van der Waals surface area contributed by atoms with E-state index in [9.17, 15) is 13.2 Å². The van der Waals surface area contributed by atoms with E-state index < -0.39 is 22.4 Å². The molecule has 0 aromatic heterocycles. The Morgan fingerprint density at radius 2 is 1.83 bits per heavy atom. The van der Waals surface area contributed by atoms with E-state index in [4.69, 9.17) is 5.11 Å². The van der Waals surface area contributed by atoms with Gasteiger partial charge in [-0.2, -0.15) is 0 Å². The van der Waals surface area contributed by atoms with Gasteiger partial charge in [0.15, 0.2) is 5.78 Å². The summed E-state index contributed by atoms with van der Waals surface area (Å²) in [5.74, 6) is -0.444. The predicted molar refractivity (Wildman–Crippen MR) is 88.0 cm³/mol. The second-order valence-electron chi connectivity index (χ2n) is 4.84. The van der Waals surface area contributed by atoms with Crippen LogP contribution >= 0.6 is 0 Å². The largest absolute Gasteiger partial charge is 0.388 e. The molecule has 2 aromatic carbocycles. The van der Waals surface area contributed by atoms with Crippen LogP contribution in [0, 0.1) is 0 Å². The van der Waals surface area contributed by atoms with E-state index in [1.807, 2.05) is 30.3 Å². The lowest BCUT2D eigenvalue weighted by Gasteiger charge is -2.07. The summed E-state index contributed by atoms with van der Waals surface area (Å²) in [6.07, 6.45) is 2.68. The zero-order chi connectivity index (χ0) is 16.7. The normalized spacial score (nSPS) is 11.7. The van der Waals surface area contributed by atoms with Crippen LogP contribution in [-0.2, 0) is 21.4 Å². The molecule has 0 atom stereocenters. The van der Waals surface area contributed by atoms with E-state index in [-0.39, 0.29) is 11.4 Å². The summed E-state index contributed by atoms with van der Waals surface area (Å²) in [6.45, 7) is -0.376. The summed E-state index contributed by atoms with van der Waals surface area (Å²) in [6, 6.07) is 15.4. The first-order valence-electron chi connectivity index (χ1n) is 6.97. The number of hydrogen-bond donors (Lipinski definition) is 2. The molecule has 0 aliphatic heterocycles. The van der Waals surface area contributed by atoms with Gasteiger partial charge in [0.1, 0.15) is 6.61 Å². The molecule has 0 aliphatic carbocycles. The number of aliphatic hydroxyl groups excluding tert-OH is 1. The van der Waals surface area contributed by atoms with Gasteiger partial charge in [-0.3, -0.25) is 4.79 Å². The van der Waals surface area contributed by atoms with Crippen molar-refractivity contribution in [3.63, 3.8) is 0 Å². The van der Waals surface area contributed by atoms with Gasteiger partial charge in [0.25, 0.3) is 0 Å². The minimum atomic E-state index is -3.64. The average molecular weight is 331 g/mol. The van der Waals surface area contributed by atoms with Crippen molar-refractivity contribution in [3.05, 3.63) is 71.8 Å². The van der Waals surface area contributed by atoms with Crippen LogP contribution in [0.4, 0.5) is 0 Å². The summed E-state index contributed by atoms with van der Waals surface area (Å²) in [5, 5.41) is 8.67. The highest BCUT2D eigenvalue weighted by Crippen LogP contribution is 2.13. The molecule has 2 aromatic rings. The fourth-order valence-corrected chi connectivity index (χ4v) is 2.96. The first-order chi connectivity index (χ1) is 11.0. The van der Waals surface area contributed by atoms with Crippen molar-refractivity contribution in [1.29, 1.82) is 0 Å². The predicted octanol–water partition coefficient (Wildman–Crippen LogP) is 1.74. The topological polar surface area (TPSA) is 83.5 Å². The van der Waals surface area contributed by atoms with Crippen LogP contribution in [0.5, 0.6) is 0 Å². The molecule has 0 amide bonds. The Bertz CT molecular complexity index is 798. The Kier molecular flexibility index (Phi) is 5.81. The minimum absolute atomic E-state index is 0.118. The van der Waals surface area contributed by atoms with Gasteiger partial charge in [-0.25, -0.2) is 13.1 Å². The lowest BCUT2D eigenvalue weighted by atomic mass is 10.2. The van der Waals surface area contributed by atoms with Crippen LogP contribution in [0.2, 0.25) is 0 Å². The van der Waals surface area contributed by atoms with Crippen molar-refractivity contribution >= 4 is 21.9 Å². The third-order valence-electron chi connectivity index (χ3n) is 3.10.